The molecule has 0 aliphatic heterocycles. The van der Waals surface area contributed by atoms with Crippen LogP contribution in [0.15, 0.2) is 109 Å². The van der Waals surface area contributed by atoms with Gasteiger partial charge < -0.3 is 24.8 Å². The number of rotatable bonds is 2. The van der Waals surface area contributed by atoms with Crippen molar-refractivity contribution in [1.29, 1.82) is 0 Å². The molecule has 0 fully saturated rings. The molecular weight excluding hydrogens is 715 g/mol. The Balaban J connectivity index is 0.000000179. The molecule has 0 radical (unpaired) electrons. The first-order chi connectivity index (χ1) is 22.2. The summed E-state index contributed by atoms with van der Waals surface area (Å²) in [6.07, 6.45) is 11.4. The van der Waals surface area contributed by atoms with Crippen molar-refractivity contribution in [3.05, 3.63) is 171 Å². The van der Waals surface area contributed by atoms with E-state index < -0.39 is 0 Å². The Labute approximate surface area is 322 Å². The molecule has 0 saturated heterocycles. The fraction of sp³-hybridized carbons (Fsp3) is 0.261. The molecular formula is C46H46Cl2Zr-2. The van der Waals surface area contributed by atoms with Crippen LogP contribution in [0.2, 0.25) is 0 Å². The van der Waals surface area contributed by atoms with Gasteiger partial charge in [0.15, 0.2) is 0 Å². The average molecular weight is 761 g/mol. The number of allylic oxidation sites excluding steroid dienone is 2. The molecule has 8 rings (SSSR count). The normalized spacial score (nSPS) is 14.8. The summed E-state index contributed by atoms with van der Waals surface area (Å²) >= 11 is 1.46. The summed E-state index contributed by atoms with van der Waals surface area (Å²) in [6.45, 7) is 18.0. The molecule has 3 aliphatic carbocycles. The van der Waals surface area contributed by atoms with Crippen LogP contribution in [0, 0.1) is 13.0 Å². The van der Waals surface area contributed by atoms with Crippen LogP contribution in [0.5, 0.6) is 0 Å². The van der Waals surface area contributed by atoms with Gasteiger partial charge in [-0.1, -0.05) is 90.5 Å². The fourth-order valence-electron chi connectivity index (χ4n) is 6.81. The van der Waals surface area contributed by atoms with Gasteiger partial charge in [-0.3, -0.25) is 6.08 Å². The molecule has 0 nitrogen and oxygen atoms in total. The van der Waals surface area contributed by atoms with Crippen LogP contribution in [0.25, 0.3) is 23.3 Å². The summed E-state index contributed by atoms with van der Waals surface area (Å²) in [5.74, 6) is 0. The quantitative estimate of drug-likeness (QED) is 0.205. The molecule has 0 atom stereocenters. The standard InChI is InChI=1S/C23H21.C13H10.C10H15.2ClH.Zr/c1-22(2)7-5-14-10-18-16(12-20(14)22)9-17-13-21-15(11-19(17)18)6-8-23(21,3)4;1-3-7-12(8-4-1)11-13-9-5-2-6-10-13;1-8-5-6-9(7-8)10(2,3)4;;;/h5-7,10-13H,9H2,1-4H3;1-10H;5-7H,1-4H3;2*1H;/q-1;;-1;;;+2/p-2. The van der Waals surface area contributed by atoms with Gasteiger partial charge in [0.25, 0.3) is 0 Å². The summed E-state index contributed by atoms with van der Waals surface area (Å²) in [7, 11) is 0. The molecule has 0 saturated carbocycles. The van der Waals surface area contributed by atoms with Gasteiger partial charge in [-0.05, 0) is 45.9 Å². The van der Waals surface area contributed by atoms with Crippen molar-refractivity contribution in [1.82, 2.24) is 0 Å². The summed E-state index contributed by atoms with van der Waals surface area (Å²) in [5, 5.41) is 0. The van der Waals surface area contributed by atoms with E-state index in [4.69, 9.17) is 0 Å². The van der Waals surface area contributed by atoms with E-state index in [-0.39, 0.29) is 35.6 Å². The predicted molar refractivity (Wildman–Crippen MR) is 199 cm³/mol. The summed E-state index contributed by atoms with van der Waals surface area (Å²) in [4.78, 5) is 0. The number of benzene rings is 4. The Hall–Kier alpha value is -2.96. The van der Waals surface area contributed by atoms with Crippen LogP contribution in [0.3, 0.4) is 0 Å². The van der Waals surface area contributed by atoms with Gasteiger partial charge in [0.05, 0.1) is 0 Å². The third-order valence-corrected chi connectivity index (χ3v) is 11.2. The molecule has 0 amide bonds. The van der Waals surface area contributed by atoms with Crippen LogP contribution in [-0.2, 0) is 46.9 Å². The Morgan fingerprint density at radius 2 is 1.27 bits per heavy atom. The first-order valence-corrected chi connectivity index (χ1v) is 18.0. The van der Waals surface area contributed by atoms with E-state index in [9.17, 15) is 0 Å². The maximum absolute atomic E-state index is 3.50. The number of hydrogen-bond donors (Lipinski definition) is 0. The Bertz CT molecular complexity index is 1880. The van der Waals surface area contributed by atoms with E-state index in [0.717, 1.165) is 6.42 Å². The van der Waals surface area contributed by atoms with Crippen LogP contribution < -0.4 is 24.8 Å². The van der Waals surface area contributed by atoms with Gasteiger partial charge in [-0.25, -0.2) is 12.1 Å². The monoisotopic (exact) mass is 758 g/mol. The van der Waals surface area contributed by atoms with Crippen molar-refractivity contribution in [2.24, 2.45) is 0 Å². The Morgan fingerprint density at radius 1 is 0.735 bits per heavy atom. The van der Waals surface area contributed by atoms with Gasteiger partial charge in [0.1, 0.15) is 0 Å². The van der Waals surface area contributed by atoms with Crippen molar-refractivity contribution in [2.75, 3.05) is 0 Å². The number of halogens is 2. The zero-order chi connectivity index (χ0) is 33.6. The molecule has 3 aliphatic rings. The summed E-state index contributed by atoms with van der Waals surface area (Å²) in [6, 6.07) is 37.4. The second-order valence-electron chi connectivity index (χ2n) is 15.4. The van der Waals surface area contributed by atoms with Gasteiger partial charge in [-0.15, -0.1) is 11.6 Å². The van der Waals surface area contributed by atoms with Crippen molar-refractivity contribution >= 4 is 15.4 Å². The molecule has 0 unspecified atom stereocenters. The molecule has 0 heterocycles. The van der Waals surface area contributed by atoms with E-state index in [1.807, 2.05) is 0 Å². The van der Waals surface area contributed by atoms with Crippen LogP contribution >= 0.6 is 0 Å². The SMILES string of the molecule is CC1(C)[C-]=Cc2cc3c(cc21)Cc1cc2c(cc1-3)C=CC2(C)C.Cc1cc(C(C)(C)C)c[cH-]1.[Cl-].[Cl-].[Zr+2]=[C](c1ccccc1)c1ccccc1. The topological polar surface area (TPSA) is 0 Å². The van der Waals surface area contributed by atoms with Gasteiger partial charge in [0.2, 0.25) is 0 Å². The zero-order valence-electron chi connectivity index (χ0n) is 30.0. The molecule has 0 bridgehead atoms. The van der Waals surface area contributed by atoms with Crippen molar-refractivity contribution in [2.45, 2.75) is 78.1 Å². The molecule has 0 spiro atoms. The molecule has 5 aromatic carbocycles. The predicted octanol–water partition coefficient (Wildman–Crippen LogP) is 5.49. The van der Waals surface area contributed by atoms with E-state index in [1.54, 1.807) is 0 Å². The van der Waals surface area contributed by atoms with Crippen molar-refractivity contribution in [3.63, 3.8) is 0 Å². The van der Waals surface area contributed by atoms with Crippen LogP contribution in [0.4, 0.5) is 0 Å². The Morgan fingerprint density at radius 3 is 1.76 bits per heavy atom. The third-order valence-electron chi connectivity index (χ3n) is 9.76. The summed E-state index contributed by atoms with van der Waals surface area (Å²) in [5.41, 5.74) is 17.5. The molecule has 250 valence electrons. The maximum atomic E-state index is 3.50. The van der Waals surface area contributed by atoms with E-state index in [1.165, 1.54) is 94.2 Å². The van der Waals surface area contributed by atoms with Crippen LogP contribution in [0.1, 0.15) is 104 Å². The molecule has 3 heteroatoms. The second kappa shape index (κ2) is 15.1. The van der Waals surface area contributed by atoms with E-state index >= 15 is 0 Å². The summed E-state index contributed by atoms with van der Waals surface area (Å²) < 4.78 is 1.42. The molecule has 0 aromatic heterocycles. The minimum absolute atomic E-state index is 0. The van der Waals surface area contributed by atoms with Gasteiger partial charge in [-0.2, -0.15) is 28.8 Å². The Kier molecular flexibility index (Phi) is 12.0. The number of aryl methyl sites for hydroxylation is 1. The number of fused-ring (bicyclic) bond motifs is 5. The third kappa shape index (κ3) is 8.34. The number of hydrogen-bond acceptors (Lipinski definition) is 0. The average Bonchev–Trinajstić information content (AvgIpc) is 3.80. The van der Waals surface area contributed by atoms with Crippen molar-refractivity contribution in [3.8, 4) is 11.1 Å². The van der Waals surface area contributed by atoms with E-state index in [2.05, 4.69) is 183 Å². The molecule has 49 heavy (non-hydrogen) atoms. The van der Waals surface area contributed by atoms with Gasteiger partial charge in [0, 0.05) is 5.41 Å². The second-order valence-corrected chi connectivity index (χ2v) is 16.6. The first kappa shape index (κ1) is 38.8. The zero-order valence-corrected chi connectivity index (χ0v) is 34.0. The fourth-order valence-corrected chi connectivity index (χ4v) is 7.63. The minimum atomic E-state index is 0. The van der Waals surface area contributed by atoms with E-state index in [0.29, 0.717) is 5.41 Å². The van der Waals surface area contributed by atoms with Crippen molar-refractivity contribution < 1.29 is 49.0 Å². The van der Waals surface area contributed by atoms with Gasteiger partial charge >= 0.3 is 99.2 Å². The molecule has 5 aromatic rings. The first-order valence-electron chi connectivity index (χ1n) is 16.8. The van der Waals surface area contributed by atoms with Crippen LogP contribution in [-0.4, -0.2) is 3.21 Å². The molecule has 0 N–H and O–H groups in total.